The van der Waals surface area contributed by atoms with Crippen molar-refractivity contribution in [1.82, 2.24) is 5.32 Å². The molecule has 0 aliphatic heterocycles. The number of anilines is 1. The molecule has 1 aromatic carbocycles. The fourth-order valence-corrected chi connectivity index (χ4v) is 1.70. The second-order valence-corrected chi connectivity index (χ2v) is 4.12. The molecule has 0 bridgehead atoms. The van der Waals surface area contributed by atoms with Crippen LogP contribution in [0.25, 0.3) is 0 Å². The van der Waals surface area contributed by atoms with Gasteiger partial charge in [0.2, 0.25) is 0 Å². The van der Waals surface area contributed by atoms with Crippen molar-refractivity contribution in [2.45, 2.75) is 6.42 Å². The number of carbonyl (C=O) groups excluding carboxylic acids is 1. The molecule has 0 aliphatic carbocycles. The van der Waals surface area contributed by atoms with E-state index in [0.29, 0.717) is 13.0 Å². The SMILES string of the molecule is Nc1ccc(C(=O)NCCc2ccco2)cc1[N+](=O)[O-]. The van der Waals surface area contributed by atoms with Crippen molar-refractivity contribution in [3.05, 3.63) is 58.0 Å². The fraction of sp³-hybridized carbons (Fsp3) is 0.154. The lowest BCUT2D eigenvalue weighted by Gasteiger charge is -2.05. The maximum absolute atomic E-state index is 11.9. The van der Waals surface area contributed by atoms with E-state index in [2.05, 4.69) is 5.32 Å². The molecule has 0 aliphatic rings. The number of hydrogen-bond acceptors (Lipinski definition) is 5. The number of nitrogens with zero attached hydrogens (tertiary/aromatic N) is 1. The average molecular weight is 275 g/mol. The Kier molecular flexibility index (Phi) is 3.99. The summed E-state index contributed by atoms with van der Waals surface area (Å²) < 4.78 is 5.13. The predicted octanol–water partition coefficient (Wildman–Crippen LogP) is 1.74. The number of rotatable bonds is 5. The Morgan fingerprint density at radius 2 is 2.20 bits per heavy atom. The standard InChI is InChI=1S/C13H13N3O4/c14-11-4-3-9(8-12(11)16(18)19)13(17)15-6-5-10-2-1-7-20-10/h1-4,7-8H,5-6,14H2,(H,15,17). The molecule has 0 saturated carbocycles. The van der Waals surface area contributed by atoms with E-state index in [1.54, 1.807) is 18.4 Å². The molecule has 0 saturated heterocycles. The summed E-state index contributed by atoms with van der Waals surface area (Å²) in [5, 5.41) is 13.4. The number of benzene rings is 1. The van der Waals surface area contributed by atoms with Crippen LogP contribution in [-0.2, 0) is 6.42 Å². The van der Waals surface area contributed by atoms with Gasteiger partial charge < -0.3 is 15.5 Å². The van der Waals surface area contributed by atoms with E-state index in [1.165, 1.54) is 12.1 Å². The molecule has 104 valence electrons. The summed E-state index contributed by atoms with van der Waals surface area (Å²) in [6, 6.07) is 7.53. The topological polar surface area (TPSA) is 111 Å². The highest BCUT2D eigenvalue weighted by atomic mass is 16.6. The Hall–Kier alpha value is -2.83. The van der Waals surface area contributed by atoms with E-state index in [1.807, 2.05) is 0 Å². The Bertz CT molecular complexity index is 623. The lowest BCUT2D eigenvalue weighted by molar-refractivity contribution is -0.383. The van der Waals surface area contributed by atoms with Crippen LogP contribution in [0.1, 0.15) is 16.1 Å². The molecular weight excluding hydrogens is 262 g/mol. The first-order valence-corrected chi connectivity index (χ1v) is 5.92. The summed E-state index contributed by atoms with van der Waals surface area (Å²) >= 11 is 0. The van der Waals surface area contributed by atoms with Crippen LogP contribution in [0.3, 0.4) is 0 Å². The van der Waals surface area contributed by atoms with Gasteiger partial charge in [0.15, 0.2) is 0 Å². The van der Waals surface area contributed by atoms with Crippen molar-refractivity contribution in [3.8, 4) is 0 Å². The molecule has 7 heteroatoms. The summed E-state index contributed by atoms with van der Waals surface area (Å²) in [7, 11) is 0. The van der Waals surface area contributed by atoms with Gasteiger partial charge in [0.05, 0.1) is 11.2 Å². The van der Waals surface area contributed by atoms with Crippen LogP contribution in [0.4, 0.5) is 11.4 Å². The van der Waals surface area contributed by atoms with Crippen LogP contribution in [0.15, 0.2) is 41.0 Å². The second kappa shape index (κ2) is 5.87. The molecule has 0 spiro atoms. The number of nitrogens with one attached hydrogen (secondary N) is 1. The van der Waals surface area contributed by atoms with Crippen LogP contribution in [-0.4, -0.2) is 17.4 Å². The third kappa shape index (κ3) is 3.14. The van der Waals surface area contributed by atoms with Crippen molar-refractivity contribution >= 4 is 17.3 Å². The number of nitrogen functional groups attached to an aromatic ring is 1. The van der Waals surface area contributed by atoms with Gasteiger partial charge in [-0.2, -0.15) is 0 Å². The largest absolute Gasteiger partial charge is 0.469 e. The Morgan fingerprint density at radius 1 is 1.40 bits per heavy atom. The molecule has 0 atom stereocenters. The molecule has 2 aromatic rings. The Labute approximate surface area is 114 Å². The van der Waals surface area contributed by atoms with E-state index >= 15 is 0 Å². The normalized spacial score (nSPS) is 10.2. The molecule has 1 heterocycles. The van der Waals surface area contributed by atoms with Gasteiger partial charge in [-0.25, -0.2) is 0 Å². The molecule has 3 N–H and O–H groups in total. The molecule has 1 aromatic heterocycles. The molecule has 1 amide bonds. The fourth-order valence-electron chi connectivity index (χ4n) is 1.70. The third-order valence-electron chi connectivity index (χ3n) is 2.73. The molecule has 7 nitrogen and oxygen atoms in total. The highest BCUT2D eigenvalue weighted by Crippen LogP contribution is 2.22. The van der Waals surface area contributed by atoms with Crippen molar-refractivity contribution in [2.75, 3.05) is 12.3 Å². The number of nitro benzene ring substituents is 1. The number of hydrogen-bond donors (Lipinski definition) is 2. The van der Waals surface area contributed by atoms with Gasteiger partial charge in [-0.15, -0.1) is 0 Å². The monoisotopic (exact) mass is 275 g/mol. The van der Waals surface area contributed by atoms with Gasteiger partial charge in [0.25, 0.3) is 11.6 Å². The smallest absolute Gasteiger partial charge is 0.292 e. The number of furan rings is 1. The van der Waals surface area contributed by atoms with Crippen molar-refractivity contribution in [1.29, 1.82) is 0 Å². The lowest BCUT2D eigenvalue weighted by Crippen LogP contribution is -2.25. The Balaban J connectivity index is 1.98. The van der Waals surface area contributed by atoms with Crippen LogP contribution in [0.2, 0.25) is 0 Å². The summed E-state index contributed by atoms with van der Waals surface area (Å²) in [6.07, 6.45) is 2.11. The number of carbonyl (C=O) groups is 1. The predicted molar refractivity (Wildman–Crippen MR) is 72.3 cm³/mol. The van der Waals surface area contributed by atoms with Crippen LogP contribution < -0.4 is 11.1 Å². The molecule has 0 unspecified atom stereocenters. The maximum atomic E-state index is 11.9. The number of nitro groups is 1. The average Bonchev–Trinajstić information content (AvgIpc) is 2.92. The van der Waals surface area contributed by atoms with Crippen molar-refractivity contribution < 1.29 is 14.1 Å². The summed E-state index contributed by atoms with van der Waals surface area (Å²) in [6.45, 7) is 0.379. The van der Waals surface area contributed by atoms with E-state index in [4.69, 9.17) is 10.2 Å². The van der Waals surface area contributed by atoms with Gasteiger partial charge in [-0.05, 0) is 24.3 Å². The van der Waals surface area contributed by atoms with Gasteiger partial charge in [-0.3, -0.25) is 14.9 Å². The minimum absolute atomic E-state index is 0.0298. The number of amides is 1. The molecule has 20 heavy (non-hydrogen) atoms. The second-order valence-electron chi connectivity index (χ2n) is 4.12. The highest BCUT2D eigenvalue weighted by Gasteiger charge is 2.15. The molecule has 0 radical (unpaired) electrons. The van der Waals surface area contributed by atoms with Crippen LogP contribution in [0.5, 0.6) is 0 Å². The van der Waals surface area contributed by atoms with E-state index in [9.17, 15) is 14.9 Å². The third-order valence-corrected chi connectivity index (χ3v) is 2.73. The van der Waals surface area contributed by atoms with Gasteiger partial charge in [0.1, 0.15) is 11.4 Å². The van der Waals surface area contributed by atoms with Gasteiger partial charge >= 0.3 is 0 Å². The van der Waals surface area contributed by atoms with Crippen LogP contribution >= 0.6 is 0 Å². The number of nitrogens with two attached hydrogens (primary N) is 1. The molecular formula is C13H13N3O4. The van der Waals surface area contributed by atoms with Crippen molar-refractivity contribution in [3.63, 3.8) is 0 Å². The van der Waals surface area contributed by atoms with Crippen LogP contribution in [0, 0.1) is 10.1 Å². The molecule has 2 rings (SSSR count). The van der Waals surface area contributed by atoms with Crippen molar-refractivity contribution in [2.24, 2.45) is 0 Å². The first-order valence-electron chi connectivity index (χ1n) is 5.92. The van der Waals surface area contributed by atoms with Gasteiger partial charge in [0, 0.05) is 24.6 Å². The quantitative estimate of drug-likeness (QED) is 0.490. The summed E-state index contributed by atoms with van der Waals surface area (Å²) in [4.78, 5) is 22.0. The zero-order valence-corrected chi connectivity index (χ0v) is 10.5. The highest BCUT2D eigenvalue weighted by molar-refractivity contribution is 5.95. The lowest BCUT2D eigenvalue weighted by atomic mass is 10.1. The summed E-state index contributed by atoms with van der Waals surface area (Å²) in [5.41, 5.74) is 5.42. The minimum atomic E-state index is -0.616. The Morgan fingerprint density at radius 3 is 2.85 bits per heavy atom. The zero-order valence-electron chi connectivity index (χ0n) is 10.5. The van der Waals surface area contributed by atoms with Gasteiger partial charge in [-0.1, -0.05) is 0 Å². The summed E-state index contributed by atoms with van der Waals surface area (Å²) in [5.74, 6) is 0.369. The molecule has 0 fully saturated rings. The first-order chi connectivity index (χ1) is 9.58. The minimum Gasteiger partial charge on any atom is -0.469 e. The first kappa shape index (κ1) is 13.6. The van der Waals surface area contributed by atoms with E-state index < -0.39 is 4.92 Å². The van der Waals surface area contributed by atoms with E-state index in [0.717, 1.165) is 11.8 Å². The zero-order chi connectivity index (χ0) is 14.5. The van der Waals surface area contributed by atoms with E-state index in [-0.39, 0.29) is 22.8 Å². The maximum Gasteiger partial charge on any atom is 0.292 e.